The summed E-state index contributed by atoms with van der Waals surface area (Å²) in [5.41, 5.74) is 3.41. The van der Waals surface area contributed by atoms with Gasteiger partial charge in [0.1, 0.15) is 11.8 Å². The van der Waals surface area contributed by atoms with E-state index in [0.717, 1.165) is 24.3 Å². The van der Waals surface area contributed by atoms with E-state index in [1.165, 1.54) is 0 Å². The van der Waals surface area contributed by atoms with Gasteiger partial charge in [0.2, 0.25) is 11.8 Å². The molecule has 3 amide bonds. The Balaban J connectivity index is 1.44. The molecule has 3 fully saturated rings. The van der Waals surface area contributed by atoms with Crippen LogP contribution >= 0.6 is 11.8 Å². The summed E-state index contributed by atoms with van der Waals surface area (Å²) in [7, 11) is 0. The zero-order valence-electron chi connectivity index (χ0n) is 32.0. The summed E-state index contributed by atoms with van der Waals surface area (Å²) < 4.78 is 4.77. The lowest BCUT2D eigenvalue weighted by molar-refractivity contribution is -0.141. The Kier molecular flexibility index (Phi) is 12.2. The van der Waals surface area contributed by atoms with E-state index in [4.69, 9.17) is 4.74 Å². The van der Waals surface area contributed by atoms with Crippen LogP contribution in [0.15, 0.2) is 104 Å². The monoisotopic (exact) mass is 750 g/mol. The second kappa shape index (κ2) is 16.9. The number of hydrogen-bond acceptors (Lipinski definition) is 7. The molecule has 54 heavy (non-hydrogen) atoms. The zero-order chi connectivity index (χ0) is 38.6. The van der Waals surface area contributed by atoms with Crippen molar-refractivity contribution >= 4 is 46.5 Å². The minimum absolute atomic E-state index is 0.0468. The van der Waals surface area contributed by atoms with Crippen molar-refractivity contribution in [3.63, 3.8) is 0 Å². The van der Waals surface area contributed by atoms with Gasteiger partial charge < -0.3 is 29.4 Å². The maximum Gasteiger partial charge on any atom is 0.251 e. The summed E-state index contributed by atoms with van der Waals surface area (Å²) in [6, 6.07) is 23.5. The fraction of sp³-hybridized carbons (Fsp3) is 0.432. The first-order valence-corrected chi connectivity index (χ1v) is 20.1. The molecule has 3 unspecified atom stereocenters. The predicted molar refractivity (Wildman–Crippen MR) is 219 cm³/mol. The highest BCUT2D eigenvalue weighted by Crippen LogP contribution is 2.69. The quantitative estimate of drug-likeness (QED) is 0.155. The highest BCUT2D eigenvalue weighted by atomic mass is 32.2. The van der Waals surface area contributed by atoms with Crippen molar-refractivity contribution in [2.45, 2.75) is 62.6 Å². The average molecular weight is 751 g/mol. The third-order valence-electron chi connectivity index (χ3n) is 11.5. The van der Waals surface area contributed by atoms with Gasteiger partial charge in [-0.25, -0.2) is 0 Å². The second-order valence-corrected chi connectivity index (χ2v) is 16.0. The molecule has 1 spiro atoms. The third kappa shape index (κ3) is 6.94. The molecule has 3 aromatic carbocycles. The number of hydrogen-bond donors (Lipinski definition) is 1. The number of carbonyl (C=O) groups excluding carboxylic acids is 3. The molecule has 0 saturated carbocycles. The van der Waals surface area contributed by atoms with Crippen molar-refractivity contribution in [3.05, 3.63) is 110 Å². The van der Waals surface area contributed by atoms with Crippen LogP contribution < -0.4 is 19.4 Å². The molecular weight excluding hydrogens is 697 g/mol. The minimum atomic E-state index is -0.917. The number of likely N-dealkylation sites (tertiary alicyclic amines) is 1. The Morgan fingerprint density at radius 1 is 0.907 bits per heavy atom. The van der Waals surface area contributed by atoms with Gasteiger partial charge in [0.05, 0.1) is 35.8 Å². The summed E-state index contributed by atoms with van der Waals surface area (Å²) in [5, 5.41) is 10.9. The SMILES string of the molecule is C=CCN(C(=O)C1N([C@@H](CO)Cc2ccccc2)C(=O)[C@@H]2[C@H](C(=O)N(CC=C)c3ccc(OCC)cc3)[C@@H]3CC(C)C12S3)c1ccc(N(CC)CC)cc1. The number of benzene rings is 3. The number of thioether (sulfide) groups is 1. The fourth-order valence-electron chi connectivity index (χ4n) is 9.10. The first-order valence-electron chi connectivity index (χ1n) is 19.3. The molecule has 10 heteroatoms. The molecule has 0 aromatic heterocycles. The molecule has 286 valence electrons. The summed E-state index contributed by atoms with van der Waals surface area (Å²) in [6.07, 6.45) is 4.46. The Morgan fingerprint density at radius 2 is 1.48 bits per heavy atom. The van der Waals surface area contributed by atoms with Crippen molar-refractivity contribution in [3.8, 4) is 5.75 Å². The van der Waals surface area contributed by atoms with Crippen molar-refractivity contribution in [2.24, 2.45) is 17.8 Å². The number of rotatable bonds is 17. The van der Waals surface area contributed by atoms with Crippen LogP contribution in [0, 0.1) is 17.8 Å². The Hall–Kier alpha value is -4.54. The Bertz CT molecular complexity index is 1800. The number of aliphatic hydroxyl groups excluding tert-OH is 1. The van der Waals surface area contributed by atoms with Gasteiger partial charge in [-0.1, -0.05) is 49.4 Å². The van der Waals surface area contributed by atoms with Gasteiger partial charge in [-0.15, -0.1) is 24.9 Å². The van der Waals surface area contributed by atoms with E-state index >= 15 is 9.59 Å². The molecule has 3 heterocycles. The van der Waals surface area contributed by atoms with E-state index in [9.17, 15) is 9.90 Å². The summed E-state index contributed by atoms with van der Waals surface area (Å²) >= 11 is 1.64. The first kappa shape index (κ1) is 39.2. The van der Waals surface area contributed by atoms with Crippen LogP contribution in [0.5, 0.6) is 5.75 Å². The molecule has 2 bridgehead atoms. The number of anilines is 3. The topological polar surface area (TPSA) is 93.6 Å². The standard InChI is InChI=1S/C44H54N4O5S/c1-7-25-46(34-21-23-36(24-22-34)53-11-5)41(50)38-37-27-30(6)44(54-37)39(38)42(51)48(35(29-49)28-31-15-13-12-14-16-31)40(44)43(52)47(26-8-2)33-19-17-32(18-20-33)45(9-3)10-4/h7-8,12-24,30,35,37-40,49H,1-2,9-11,25-29H2,3-6H3/t30?,35-,37+,38-,39+,40?,44?/m1/s1. The average Bonchev–Trinajstić information content (AvgIpc) is 3.79. The van der Waals surface area contributed by atoms with E-state index in [2.05, 4.69) is 38.8 Å². The smallest absolute Gasteiger partial charge is 0.251 e. The number of fused-ring (bicyclic) bond motifs is 1. The number of ether oxygens (including phenoxy) is 1. The van der Waals surface area contributed by atoms with Gasteiger partial charge in [-0.3, -0.25) is 14.4 Å². The van der Waals surface area contributed by atoms with E-state index in [0.29, 0.717) is 36.6 Å². The zero-order valence-corrected chi connectivity index (χ0v) is 32.8. The molecule has 3 saturated heterocycles. The van der Waals surface area contributed by atoms with E-state index < -0.39 is 28.7 Å². The lowest BCUT2D eigenvalue weighted by atomic mass is 9.65. The molecule has 7 atom stereocenters. The van der Waals surface area contributed by atoms with Gasteiger partial charge in [-0.2, -0.15) is 0 Å². The predicted octanol–water partition coefficient (Wildman–Crippen LogP) is 6.61. The number of aliphatic hydroxyl groups is 1. The van der Waals surface area contributed by atoms with Gasteiger partial charge in [0.15, 0.2) is 0 Å². The molecule has 9 nitrogen and oxygen atoms in total. The maximum atomic E-state index is 15.4. The lowest BCUT2D eigenvalue weighted by Gasteiger charge is -2.42. The molecule has 6 rings (SSSR count). The number of carbonyl (C=O) groups is 3. The highest BCUT2D eigenvalue weighted by Gasteiger charge is 2.77. The highest BCUT2D eigenvalue weighted by molar-refractivity contribution is 8.02. The van der Waals surface area contributed by atoms with Gasteiger partial charge in [-0.05, 0) is 93.6 Å². The Labute approximate surface area is 324 Å². The molecule has 0 aliphatic carbocycles. The van der Waals surface area contributed by atoms with Crippen LogP contribution in [0.3, 0.4) is 0 Å². The van der Waals surface area contributed by atoms with Crippen molar-refractivity contribution in [2.75, 3.05) is 54.1 Å². The van der Waals surface area contributed by atoms with Crippen LogP contribution in [0.25, 0.3) is 0 Å². The van der Waals surface area contributed by atoms with Crippen LogP contribution in [0.1, 0.15) is 39.7 Å². The van der Waals surface area contributed by atoms with Crippen molar-refractivity contribution < 1.29 is 24.2 Å². The molecule has 3 aromatic rings. The second-order valence-electron chi connectivity index (χ2n) is 14.4. The Morgan fingerprint density at radius 3 is 2.04 bits per heavy atom. The summed E-state index contributed by atoms with van der Waals surface area (Å²) in [5.74, 6) is -1.39. The van der Waals surface area contributed by atoms with Crippen molar-refractivity contribution in [1.29, 1.82) is 0 Å². The van der Waals surface area contributed by atoms with Gasteiger partial charge in [0.25, 0.3) is 5.91 Å². The largest absolute Gasteiger partial charge is 0.494 e. The molecule has 1 N–H and O–H groups in total. The lowest BCUT2D eigenvalue weighted by Crippen LogP contribution is -2.59. The van der Waals surface area contributed by atoms with Crippen LogP contribution in [-0.2, 0) is 20.8 Å². The first-order chi connectivity index (χ1) is 26.2. The normalized spacial score (nSPS) is 24.5. The van der Waals surface area contributed by atoms with Gasteiger partial charge >= 0.3 is 0 Å². The van der Waals surface area contributed by atoms with Crippen LogP contribution in [-0.4, -0.2) is 89.2 Å². The van der Waals surface area contributed by atoms with Crippen molar-refractivity contribution in [1.82, 2.24) is 4.90 Å². The van der Waals surface area contributed by atoms with Crippen LogP contribution in [0.2, 0.25) is 0 Å². The molecular formula is C44H54N4O5S. The van der Waals surface area contributed by atoms with E-state index in [1.807, 2.05) is 85.8 Å². The third-order valence-corrected chi connectivity index (χ3v) is 13.6. The summed E-state index contributed by atoms with van der Waals surface area (Å²) in [4.78, 5) is 53.0. The molecule has 3 aliphatic rings. The summed E-state index contributed by atoms with van der Waals surface area (Å²) in [6.45, 7) is 18.6. The van der Waals surface area contributed by atoms with Crippen LogP contribution in [0.4, 0.5) is 17.1 Å². The van der Waals surface area contributed by atoms with E-state index in [-0.39, 0.29) is 48.6 Å². The fourth-order valence-corrected chi connectivity index (χ4v) is 11.5. The number of amides is 3. The minimum Gasteiger partial charge on any atom is -0.494 e. The number of nitrogens with zero attached hydrogens (tertiary/aromatic N) is 4. The molecule has 0 radical (unpaired) electrons. The molecule has 3 aliphatic heterocycles. The van der Waals surface area contributed by atoms with Gasteiger partial charge in [0, 0.05) is 48.5 Å². The van der Waals surface area contributed by atoms with E-state index in [1.54, 1.807) is 38.6 Å². The maximum absolute atomic E-state index is 15.4.